The first-order chi connectivity index (χ1) is 10.4. The molecule has 2 aliphatic carbocycles. The number of carbonyl (C=O) groups excluding carboxylic acids is 2. The zero-order chi connectivity index (χ0) is 16.3. The van der Waals surface area contributed by atoms with E-state index in [4.69, 9.17) is 18.2 Å². The molecule has 4 unspecified atom stereocenters. The topological polar surface area (TPSA) is 99.1 Å². The highest BCUT2D eigenvalue weighted by Crippen LogP contribution is 2.39. The summed E-state index contributed by atoms with van der Waals surface area (Å²) in [6.07, 6.45) is 4.47. The molecule has 2 bridgehead atoms. The Bertz CT molecular complexity index is 578. The Hall–Kier alpha value is -1.77. The Balaban J connectivity index is 1.97. The first kappa shape index (κ1) is 16.6. The van der Waals surface area contributed by atoms with E-state index in [0.29, 0.717) is 6.42 Å². The molecule has 1 N–H and O–H groups in total. The van der Waals surface area contributed by atoms with Gasteiger partial charge in [0.2, 0.25) is 0 Å². The van der Waals surface area contributed by atoms with Crippen LogP contribution in [-0.2, 0) is 34.6 Å². The van der Waals surface area contributed by atoms with Gasteiger partial charge in [-0.1, -0.05) is 24.8 Å². The number of fused-ring (bicyclic) bond motifs is 2. The third kappa shape index (κ3) is 3.90. The molecule has 0 aromatic carbocycles. The van der Waals surface area contributed by atoms with Crippen molar-refractivity contribution in [3.05, 3.63) is 36.0 Å². The molecule has 0 amide bonds. The van der Waals surface area contributed by atoms with Gasteiger partial charge in [-0.25, -0.2) is 9.59 Å². The molecule has 0 aliphatic heterocycles. The molecule has 120 valence electrons. The van der Waals surface area contributed by atoms with E-state index in [9.17, 15) is 13.8 Å². The number of hydrogen-bond acceptors (Lipinski definition) is 6. The van der Waals surface area contributed by atoms with Crippen molar-refractivity contribution >= 4 is 23.3 Å². The van der Waals surface area contributed by atoms with Gasteiger partial charge in [0.15, 0.2) is 6.61 Å². The van der Waals surface area contributed by atoms with Crippen LogP contribution in [0.5, 0.6) is 0 Å². The maximum Gasteiger partial charge on any atom is 0.344 e. The van der Waals surface area contributed by atoms with Gasteiger partial charge < -0.3 is 9.47 Å². The van der Waals surface area contributed by atoms with Crippen molar-refractivity contribution in [2.45, 2.75) is 25.6 Å². The monoisotopic (exact) mass is 328 g/mol. The second-order valence-corrected chi connectivity index (χ2v) is 5.67. The Morgan fingerprint density at radius 2 is 2.23 bits per heavy atom. The van der Waals surface area contributed by atoms with Gasteiger partial charge in [-0.3, -0.25) is 8.74 Å². The largest absolute Gasteiger partial charge is 0.456 e. The fourth-order valence-electron chi connectivity index (χ4n) is 2.39. The maximum atomic E-state index is 11.8. The first-order valence-corrected chi connectivity index (χ1v) is 7.59. The van der Waals surface area contributed by atoms with Crippen molar-refractivity contribution in [2.75, 3.05) is 6.61 Å². The van der Waals surface area contributed by atoms with Crippen LogP contribution in [-0.4, -0.2) is 39.5 Å². The van der Waals surface area contributed by atoms with Gasteiger partial charge in [-0.05, 0) is 18.9 Å². The number of hydrogen-bond donors (Lipinski definition) is 1. The Morgan fingerprint density at radius 1 is 1.50 bits per heavy atom. The fourth-order valence-corrected chi connectivity index (χ4v) is 2.80. The van der Waals surface area contributed by atoms with Crippen LogP contribution in [0.3, 0.4) is 0 Å². The Morgan fingerprint density at radius 3 is 2.86 bits per heavy atom. The summed E-state index contributed by atoms with van der Waals surface area (Å²) >= 11 is -2.47. The van der Waals surface area contributed by atoms with E-state index in [2.05, 4.69) is 6.58 Å². The molecule has 0 radical (unpaired) electrons. The molecule has 8 heteroatoms. The molecule has 2 aliphatic rings. The fraction of sp³-hybridized carbons (Fsp3) is 0.429. The summed E-state index contributed by atoms with van der Waals surface area (Å²) in [5.74, 6) is -1.57. The second kappa shape index (κ2) is 6.99. The molecule has 4 atom stereocenters. The zero-order valence-electron chi connectivity index (χ0n) is 11.9. The quantitative estimate of drug-likeness (QED) is 0.442. The van der Waals surface area contributed by atoms with Crippen LogP contribution in [0.25, 0.3) is 0 Å². The standard InChI is InChI=1S/C14H16O7S/c1-8(2)14(16)19-7-11(15)20-12-9-4-3-5-10(6-9)13(12)21-22(17)18/h3-5,9,12-13H,1,6-7H2,2H3,(H,17,18). The van der Waals surface area contributed by atoms with E-state index >= 15 is 0 Å². The smallest absolute Gasteiger partial charge is 0.344 e. The number of allylic oxidation sites excluding steroid dienone is 2. The Labute approximate surface area is 130 Å². The average molecular weight is 328 g/mol. The van der Waals surface area contributed by atoms with Crippen molar-refractivity contribution in [2.24, 2.45) is 5.92 Å². The highest BCUT2D eigenvalue weighted by Gasteiger charge is 2.44. The van der Waals surface area contributed by atoms with Crippen molar-refractivity contribution in [1.82, 2.24) is 0 Å². The van der Waals surface area contributed by atoms with E-state index in [-0.39, 0.29) is 11.5 Å². The lowest BCUT2D eigenvalue weighted by molar-refractivity contribution is -0.163. The number of ether oxygens (including phenoxy) is 2. The van der Waals surface area contributed by atoms with Crippen molar-refractivity contribution in [1.29, 1.82) is 0 Å². The third-order valence-electron chi connectivity index (χ3n) is 3.35. The predicted octanol–water partition coefficient (Wildman–Crippen LogP) is 1.06. The molecule has 0 heterocycles. The van der Waals surface area contributed by atoms with Crippen molar-refractivity contribution < 1.29 is 32.0 Å². The molecular weight excluding hydrogens is 312 g/mol. The molecule has 1 saturated carbocycles. The Kier molecular flexibility index (Phi) is 5.28. The predicted molar refractivity (Wildman–Crippen MR) is 76.6 cm³/mol. The van der Waals surface area contributed by atoms with E-state index in [1.165, 1.54) is 6.92 Å². The van der Waals surface area contributed by atoms with E-state index in [1.54, 1.807) is 12.2 Å². The lowest BCUT2D eigenvalue weighted by atomic mass is 10.0. The van der Waals surface area contributed by atoms with Crippen LogP contribution < -0.4 is 0 Å². The number of rotatable bonds is 6. The van der Waals surface area contributed by atoms with Gasteiger partial charge in [-0.2, -0.15) is 4.21 Å². The lowest BCUT2D eigenvalue weighted by Crippen LogP contribution is -2.34. The third-order valence-corrected chi connectivity index (χ3v) is 3.72. The molecule has 0 aromatic rings. The maximum absolute atomic E-state index is 11.8. The normalized spacial score (nSPS) is 27.0. The van der Waals surface area contributed by atoms with Crippen molar-refractivity contribution in [3.8, 4) is 0 Å². The molecule has 0 spiro atoms. The lowest BCUT2D eigenvalue weighted by Gasteiger charge is -2.21. The van der Waals surface area contributed by atoms with Crippen molar-refractivity contribution in [3.63, 3.8) is 0 Å². The van der Waals surface area contributed by atoms with Gasteiger partial charge in [0.1, 0.15) is 12.2 Å². The molecule has 1 fully saturated rings. The molecule has 7 nitrogen and oxygen atoms in total. The van der Waals surface area contributed by atoms with E-state index in [0.717, 1.165) is 5.57 Å². The molecule has 2 rings (SSSR count). The zero-order valence-corrected chi connectivity index (χ0v) is 12.7. The van der Waals surface area contributed by atoms with Crippen LogP contribution in [0.4, 0.5) is 0 Å². The van der Waals surface area contributed by atoms with Gasteiger partial charge in [-0.15, -0.1) is 0 Å². The van der Waals surface area contributed by atoms with Crippen LogP contribution >= 0.6 is 0 Å². The summed E-state index contributed by atoms with van der Waals surface area (Å²) in [6.45, 7) is 4.31. The highest BCUT2D eigenvalue weighted by atomic mass is 32.2. The average Bonchev–Trinajstić information content (AvgIpc) is 2.68. The van der Waals surface area contributed by atoms with Crippen LogP contribution in [0, 0.1) is 5.92 Å². The highest BCUT2D eigenvalue weighted by molar-refractivity contribution is 7.74. The minimum atomic E-state index is -2.47. The molecular formula is C14H16O7S. The van der Waals surface area contributed by atoms with Gasteiger partial charge >= 0.3 is 23.3 Å². The summed E-state index contributed by atoms with van der Waals surface area (Å²) in [7, 11) is 0. The SMILES string of the molecule is C=C(C)C(=O)OCC(=O)OC1C2C=CC=C(C2)C1OS(=O)O. The summed E-state index contributed by atoms with van der Waals surface area (Å²) in [4.78, 5) is 23.0. The summed E-state index contributed by atoms with van der Waals surface area (Å²) in [6, 6.07) is 0. The van der Waals surface area contributed by atoms with E-state index < -0.39 is 42.1 Å². The minimum Gasteiger partial charge on any atom is -0.456 e. The second-order valence-electron chi connectivity index (χ2n) is 5.04. The van der Waals surface area contributed by atoms with Gasteiger partial charge in [0, 0.05) is 11.5 Å². The van der Waals surface area contributed by atoms with E-state index in [1.807, 2.05) is 6.08 Å². The number of esters is 2. The molecule has 0 aromatic heterocycles. The van der Waals surface area contributed by atoms with Crippen LogP contribution in [0.1, 0.15) is 13.3 Å². The minimum absolute atomic E-state index is 0.130. The first-order valence-electron chi connectivity index (χ1n) is 6.56. The van der Waals surface area contributed by atoms with Crippen LogP contribution in [0.15, 0.2) is 36.0 Å². The summed E-state index contributed by atoms with van der Waals surface area (Å²) < 4.78 is 34.7. The molecule has 22 heavy (non-hydrogen) atoms. The van der Waals surface area contributed by atoms with Gasteiger partial charge in [0.05, 0.1) is 0 Å². The van der Waals surface area contributed by atoms with Crippen LogP contribution in [0.2, 0.25) is 0 Å². The number of carbonyl (C=O) groups is 2. The summed E-state index contributed by atoms with van der Waals surface area (Å²) in [5, 5.41) is 0. The molecule has 0 saturated heterocycles. The summed E-state index contributed by atoms with van der Waals surface area (Å²) in [5.41, 5.74) is 0.959. The van der Waals surface area contributed by atoms with Gasteiger partial charge in [0.25, 0.3) is 0 Å².